The van der Waals surface area contributed by atoms with Gasteiger partial charge in [0.15, 0.2) is 0 Å². The number of piperidine rings is 2. The summed E-state index contributed by atoms with van der Waals surface area (Å²) in [6.45, 7) is 9.77. The van der Waals surface area contributed by atoms with Crippen molar-refractivity contribution in [2.75, 3.05) is 37.6 Å². The number of anilines is 1. The molecule has 0 radical (unpaired) electrons. The molecule has 1 N–H and O–H groups in total. The number of nitrogens with zero attached hydrogens (tertiary/aromatic N) is 4. The molecule has 1 aromatic carbocycles. The maximum absolute atomic E-state index is 13.3. The molecule has 0 atom stereocenters. The molecule has 0 saturated carbocycles. The minimum absolute atomic E-state index is 0.0772. The molecule has 0 unspecified atom stereocenters. The molecule has 2 aliphatic rings. The Morgan fingerprint density at radius 1 is 1.06 bits per heavy atom. The predicted octanol–water partition coefficient (Wildman–Crippen LogP) is 4.47. The van der Waals surface area contributed by atoms with E-state index in [4.69, 9.17) is 4.42 Å². The summed E-state index contributed by atoms with van der Waals surface area (Å²) in [6, 6.07) is 8.62. The monoisotopic (exact) mass is 461 g/mol. The first-order valence-corrected chi connectivity index (χ1v) is 12.6. The number of nitrogens with one attached hydrogen (secondary N) is 1. The molecule has 4 heterocycles. The van der Waals surface area contributed by atoms with Gasteiger partial charge in [0.2, 0.25) is 5.71 Å². The van der Waals surface area contributed by atoms with Crippen LogP contribution in [0.5, 0.6) is 0 Å². The first-order chi connectivity index (χ1) is 16.6. The zero-order chi connectivity index (χ0) is 23.5. The molecule has 0 spiro atoms. The maximum atomic E-state index is 13.3. The number of amides is 1. The Bertz CT molecular complexity index is 1140. The van der Waals surface area contributed by atoms with Crippen LogP contribution >= 0.6 is 0 Å². The van der Waals surface area contributed by atoms with Gasteiger partial charge in [0.05, 0.1) is 10.9 Å². The van der Waals surface area contributed by atoms with E-state index in [9.17, 15) is 4.79 Å². The Kier molecular flexibility index (Phi) is 6.81. The third kappa shape index (κ3) is 4.80. The van der Waals surface area contributed by atoms with Crippen LogP contribution in [-0.4, -0.2) is 53.5 Å². The van der Waals surface area contributed by atoms with Crippen LogP contribution in [0, 0.1) is 19.8 Å². The Hall–Kier alpha value is -2.93. The molecule has 2 aliphatic heterocycles. The van der Waals surface area contributed by atoms with Crippen molar-refractivity contribution in [3.63, 3.8) is 0 Å². The van der Waals surface area contributed by atoms with Gasteiger partial charge in [-0.1, -0.05) is 24.3 Å². The molecule has 180 valence electrons. The molecule has 5 rings (SSSR count). The molecule has 1 amide bonds. The van der Waals surface area contributed by atoms with Crippen molar-refractivity contribution in [2.45, 2.75) is 52.5 Å². The number of hydrogen-bond acceptors (Lipinski definition) is 6. The third-order valence-electron chi connectivity index (χ3n) is 7.44. The number of fused-ring (bicyclic) bond motifs is 1. The number of aryl methyl sites for hydroxylation is 2. The summed E-state index contributed by atoms with van der Waals surface area (Å²) in [4.78, 5) is 27.0. The highest BCUT2D eigenvalue weighted by molar-refractivity contribution is 6.10. The predicted molar refractivity (Wildman–Crippen MR) is 134 cm³/mol. The molecule has 2 aromatic heterocycles. The second kappa shape index (κ2) is 10.1. The van der Waals surface area contributed by atoms with Crippen molar-refractivity contribution in [1.29, 1.82) is 0 Å². The Morgan fingerprint density at radius 2 is 1.82 bits per heavy atom. The quantitative estimate of drug-likeness (QED) is 0.584. The number of furan rings is 1. The van der Waals surface area contributed by atoms with Crippen LogP contribution in [0.1, 0.15) is 59.3 Å². The van der Waals surface area contributed by atoms with Gasteiger partial charge in [0, 0.05) is 26.2 Å². The van der Waals surface area contributed by atoms with E-state index in [1.807, 2.05) is 6.92 Å². The van der Waals surface area contributed by atoms with Crippen LogP contribution < -0.4 is 10.2 Å². The standard InChI is InChI=1S/C27H35N5O2/c1-19-8-4-5-9-22(19)17-31-14-10-21(11-15-31)16-28-26(33)23-20(2)34-27-24(23)25(29-18-30-27)32-12-6-3-7-13-32/h4-5,8-9,18,21H,3,6-7,10-17H2,1-2H3,(H,28,33). The average molecular weight is 462 g/mol. The minimum atomic E-state index is -0.0772. The lowest BCUT2D eigenvalue weighted by Gasteiger charge is -2.32. The molecule has 7 heteroatoms. The lowest BCUT2D eigenvalue weighted by molar-refractivity contribution is 0.0935. The van der Waals surface area contributed by atoms with Gasteiger partial charge in [0.25, 0.3) is 5.91 Å². The first-order valence-electron chi connectivity index (χ1n) is 12.6. The normalized spacial score (nSPS) is 17.9. The van der Waals surface area contributed by atoms with E-state index in [0.29, 0.717) is 29.5 Å². The minimum Gasteiger partial charge on any atom is -0.442 e. The van der Waals surface area contributed by atoms with Gasteiger partial charge in [-0.25, -0.2) is 9.97 Å². The van der Waals surface area contributed by atoms with Gasteiger partial charge in [-0.2, -0.15) is 0 Å². The van der Waals surface area contributed by atoms with Gasteiger partial charge in [-0.15, -0.1) is 0 Å². The Balaban J connectivity index is 1.22. The van der Waals surface area contributed by atoms with E-state index in [1.165, 1.54) is 17.5 Å². The molecule has 0 aliphatic carbocycles. The summed E-state index contributed by atoms with van der Waals surface area (Å²) < 4.78 is 5.88. The Morgan fingerprint density at radius 3 is 2.59 bits per heavy atom. The van der Waals surface area contributed by atoms with Crippen LogP contribution in [0.25, 0.3) is 11.1 Å². The highest BCUT2D eigenvalue weighted by atomic mass is 16.3. The summed E-state index contributed by atoms with van der Waals surface area (Å²) in [6.07, 6.45) is 7.27. The van der Waals surface area contributed by atoms with Crippen LogP contribution in [-0.2, 0) is 6.54 Å². The number of carbonyl (C=O) groups is 1. The van der Waals surface area contributed by atoms with Gasteiger partial charge in [0.1, 0.15) is 17.9 Å². The van der Waals surface area contributed by atoms with E-state index in [0.717, 1.165) is 69.6 Å². The Labute approximate surface area is 201 Å². The lowest BCUT2D eigenvalue weighted by Crippen LogP contribution is -2.38. The van der Waals surface area contributed by atoms with Crippen LogP contribution in [0.15, 0.2) is 35.0 Å². The smallest absolute Gasteiger partial charge is 0.255 e. The van der Waals surface area contributed by atoms with Crippen molar-refractivity contribution in [1.82, 2.24) is 20.2 Å². The molecule has 2 saturated heterocycles. The summed E-state index contributed by atoms with van der Waals surface area (Å²) in [5.74, 6) is 1.86. The zero-order valence-electron chi connectivity index (χ0n) is 20.3. The first kappa shape index (κ1) is 22.8. The fourth-order valence-corrected chi connectivity index (χ4v) is 5.35. The number of rotatable bonds is 6. The zero-order valence-corrected chi connectivity index (χ0v) is 20.3. The fourth-order valence-electron chi connectivity index (χ4n) is 5.35. The van der Waals surface area contributed by atoms with Crippen LogP contribution in [0.4, 0.5) is 5.82 Å². The largest absolute Gasteiger partial charge is 0.442 e. The average Bonchev–Trinajstić information content (AvgIpc) is 3.21. The van der Waals surface area contributed by atoms with Crippen molar-refractivity contribution < 1.29 is 9.21 Å². The third-order valence-corrected chi connectivity index (χ3v) is 7.44. The highest BCUT2D eigenvalue weighted by Crippen LogP contribution is 2.32. The van der Waals surface area contributed by atoms with Crippen molar-refractivity contribution in [3.05, 3.63) is 53.0 Å². The van der Waals surface area contributed by atoms with Crippen LogP contribution in [0.2, 0.25) is 0 Å². The maximum Gasteiger partial charge on any atom is 0.255 e. The molecule has 0 bridgehead atoms. The number of carbonyl (C=O) groups excluding carboxylic acids is 1. The second-order valence-corrected chi connectivity index (χ2v) is 9.81. The van der Waals surface area contributed by atoms with Crippen molar-refractivity contribution >= 4 is 22.8 Å². The molecule has 2 fully saturated rings. The molecule has 7 nitrogen and oxygen atoms in total. The summed E-state index contributed by atoms with van der Waals surface area (Å²) >= 11 is 0. The van der Waals surface area contributed by atoms with Gasteiger partial charge < -0.3 is 14.6 Å². The van der Waals surface area contributed by atoms with E-state index < -0.39 is 0 Å². The molecular weight excluding hydrogens is 426 g/mol. The van der Waals surface area contributed by atoms with Crippen LogP contribution in [0.3, 0.4) is 0 Å². The van der Waals surface area contributed by atoms with Gasteiger partial charge >= 0.3 is 0 Å². The second-order valence-electron chi connectivity index (χ2n) is 9.81. The number of aromatic nitrogens is 2. The molecular formula is C27H35N5O2. The van der Waals surface area contributed by atoms with Crippen molar-refractivity contribution in [2.24, 2.45) is 5.92 Å². The summed E-state index contributed by atoms with van der Waals surface area (Å²) in [5, 5.41) is 3.96. The lowest BCUT2D eigenvalue weighted by atomic mass is 9.96. The fraction of sp³-hybridized carbons (Fsp3) is 0.519. The van der Waals surface area contributed by atoms with Crippen molar-refractivity contribution in [3.8, 4) is 0 Å². The van der Waals surface area contributed by atoms with E-state index in [2.05, 4.69) is 56.3 Å². The summed E-state index contributed by atoms with van der Waals surface area (Å²) in [5.41, 5.74) is 3.85. The topological polar surface area (TPSA) is 74.5 Å². The summed E-state index contributed by atoms with van der Waals surface area (Å²) in [7, 11) is 0. The number of likely N-dealkylation sites (tertiary alicyclic amines) is 1. The highest BCUT2D eigenvalue weighted by Gasteiger charge is 2.27. The molecule has 3 aromatic rings. The SMILES string of the molecule is Cc1ccccc1CN1CCC(CNC(=O)c2c(C)oc3ncnc(N4CCCCC4)c23)CC1. The van der Waals surface area contributed by atoms with Gasteiger partial charge in [-0.05, 0) is 76.1 Å². The van der Waals surface area contributed by atoms with E-state index in [1.54, 1.807) is 6.33 Å². The molecule has 34 heavy (non-hydrogen) atoms. The van der Waals surface area contributed by atoms with E-state index in [-0.39, 0.29) is 5.91 Å². The van der Waals surface area contributed by atoms with E-state index >= 15 is 0 Å². The van der Waals surface area contributed by atoms with Gasteiger partial charge in [-0.3, -0.25) is 9.69 Å². The number of benzene rings is 1. The number of hydrogen-bond donors (Lipinski definition) is 1.